The molecule has 0 aromatic heterocycles. The average Bonchev–Trinajstić information content (AvgIpc) is 2.42. The smallest absolute Gasteiger partial charge is 0.0319 e. The van der Waals surface area contributed by atoms with Crippen LogP contribution in [0.2, 0.25) is 0 Å². The van der Waals surface area contributed by atoms with Crippen molar-refractivity contribution in [3.8, 4) is 0 Å². The molecule has 2 aliphatic rings. The number of rotatable bonds is 0. The van der Waals surface area contributed by atoms with E-state index < -0.39 is 0 Å². The van der Waals surface area contributed by atoms with Gasteiger partial charge in [-0.25, -0.2) is 0 Å². The van der Waals surface area contributed by atoms with Gasteiger partial charge in [0.25, 0.3) is 0 Å². The summed E-state index contributed by atoms with van der Waals surface area (Å²) in [5, 5.41) is 14.0. The zero-order chi connectivity index (χ0) is 15.3. The van der Waals surface area contributed by atoms with Crippen LogP contribution in [0, 0.1) is 29.7 Å². The summed E-state index contributed by atoms with van der Waals surface area (Å²) in [6.45, 7) is 0. The van der Waals surface area contributed by atoms with Gasteiger partial charge in [-0.3, -0.25) is 0 Å². The van der Waals surface area contributed by atoms with Gasteiger partial charge in [-0.1, -0.05) is 48.6 Å². The van der Waals surface area contributed by atoms with E-state index in [0.717, 1.165) is 14.2 Å². The molecule has 0 atom stereocenters. The number of hydrogen-bond acceptors (Lipinski definition) is 2. The Morgan fingerprint density at radius 3 is 0.500 bits per heavy atom. The minimum absolute atomic E-state index is 0. The van der Waals surface area contributed by atoms with E-state index in [0.29, 0.717) is 0 Å². The minimum atomic E-state index is 0. The Balaban J connectivity index is -0.0000000292. The van der Waals surface area contributed by atoms with Crippen LogP contribution >= 0.6 is 0 Å². The third-order valence-electron chi connectivity index (χ3n) is 2.67. The molecule has 2 aliphatic carbocycles. The van der Waals surface area contributed by atoms with Crippen LogP contribution in [-0.2, 0) is 40.2 Å². The molecule has 0 spiro atoms. The van der Waals surface area contributed by atoms with Gasteiger partial charge in [0.05, 0.1) is 0 Å². The van der Waals surface area contributed by atoms with Crippen molar-refractivity contribution in [2.24, 2.45) is 0 Å². The van der Waals surface area contributed by atoms with Crippen molar-refractivity contribution in [2.45, 2.75) is 51.4 Å². The standard InChI is InChI=1S/2C8H12.2CH4O.4CH3.2Ir/c2*1-2-4-6-8-7-5-3-1;2*1-2;;;;;;/h2*1-2,7-8H,3-6H2;2*2H,1H3;4*1H3;;/q;;;;4*-1;;/b2*2-1-,8-7-;;;;;;;;. The van der Waals surface area contributed by atoms with Gasteiger partial charge in [-0.05, 0) is 51.4 Å². The topological polar surface area (TPSA) is 40.5 Å². The molecule has 2 N–H and O–H groups in total. The Labute approximate surface area is 193 Å². The van der Waals surface area contributed by atoms with Gasteiger partial charge in [0.2, 0.25) is 0 Å². The van der Waals surface area contributed by atoms with E-state index in [9.17, 15) is 0 Å². The zero-order valence-corrected chi connectivity index (χ0v) is 22.6. The fourth-order valence-corrected chi connectivity index (χ4v) is 1.71. The predicted molar refractivity (Wildman–Crippen MR) is 115 cm³/mol. The van der Waals surface area contributed by atoms with Gasteiger partial charge >= 0.3 is 0 Å². The Morgan fingerprint density at radius 1 is 0.346 bits per heavy atom. The number of hydrogen-bond donors (Lipinski definition) is 2. The molecular formula is C22H44Ir2O2-4. The number of aliphatic hydroxyl groups is 2. The zero-order valence-electron chi connectivity index (χ0n) is 17.8. The van der Waals surface area contributed by atoms with Crippen molar-refractivity contribution < 1.29 is 50.4 Å². The average molecular weight is 725 g/mol. The molecule has 166 valence electrons. The second-order valence-corrected chi connectivity index (χ2v) is 4.20. The third kappa shape index (κ3) is 49.6. The Hall–Kier alpha value is 0.179. The molecule has 2 radical (unpaired) electrons. The van der Waals surface area contributed by atoms with Crippen molar-refractivity contribution in [1.82, 2.24) is 0 Å². The maximum absolute atomic E-state index is 7.00. The fraction of sp³-hybridized carbons (Fsp3) is 0.455. The molecule has 0 fully saturated rings. The van der Waals surface area contributed by atoms with Crippen molar-refractivity contribution in [3.05, 3.63) is 78.3 Å². The molecule has 2 rings (SSSR count). The molecule has 4 heteroatoms. The van der Waals surface area contributed by atoms with E-state index in [4.69, 9.17) is 10.2 Å². The maximum Gasteiger partial charge on any atom is 0.0319 e. The van der Waals surface area contributed by atoms with E-state index in [-0.39, 0.29) is 69.9 Å². The van der Waals surface area contributed by atoms with Crippen LogP contribution in [0.5, 0.6) is 0 Å². The van der Waals surface area contributed by atoms with Crippen LogP contribution in [0.3, 0.4) is 0 Å². The minimum Gasteiger partial charge on any atom is -0.400 e. The molecule has 0 amide bonds. The largest absolute Gasteiger partial charge is 0.400 e. The fourth-order valence-electron chi connectivity index (χ4n) is 1.71. The van der Waals surface area contributed by atoms with Crippen LogP contribution in [0.25, 0.3) is 0 Å². The Kier molecular flexibility index (Phi) is 109. The molecule has 0 heterocycles. The summed E-state index contributed by atoms with van der Waals surface area (Å²) in [6.07, 6.45) is 28.0. The number of aliphatic hydroxyl groups excluding tert-OH is 2. The summed E-state index contributed by atoms with van der Waals surface area (Å²) in [6, 6.07) is 0. The molecular weight excluding hydrogens is 681 g/mol. The molecule has 0 saturated heterocycles. The first-order valence-electron chi connectivity index (χ1n) is 7.49. The molecule has 0 aromatic carbocycles. The molecule has 0 unspecified atom stereocenters. The van der Waals surface area contributed by atoms with Crippen LogP contribution in [-0.4, -0.2) is 24.4 Å². The predicted octanol–water partition coefficient (Wildman–Crippen LogP) is 6.36. The van der Waals surface area contributed by atoms with Crippen LogP contribution in [0.15, 0.2) is 48.6 Å². The summed E-state index contributed by atoms with van der Waals surface area (Å²) in [5.74, 6) is 0. The summed E-state index contributed by atoms with van der Waals surface area (Å²) in [5.41, 5.74) is 0. The molecule has 26 heavy (non-hydrogen) atoms. The monoisotopic (exact) mass is 726 g/mol. The second-order valence-electron chi connectivity index (χ2n) is 4.20. The van der Waals surface area contributed by atoms with E-state index in [1.165, 1.54) is 51.4 Å². The summed E-state index contributed by atoms with van der Waals surface area (Å²) in [7, 11) is 2.00. The van der Waals surface area contributed by atoms with Crippen LogP contribution < -0.4 is 0 Å². The summed E-state index contributed by atoms with van der Waals surface area (Å²) in [4.78, 5) is 0. The van der Waals surface area contributed by atoms with Crippen LogP contribution in [0.4, 0.5) is 0 Å². The normalized spacial score (nSPS) is 17.7. The molecule has 0 saturated carbocycles. The van der Waals surface area contributed by atoms with Gasteiger partial charge in [0.1, 0.15) is 0 Å². The SMILES string of the molecule is C1=C\CC/C=C\CC/1.C1=C\CC/C=C\CC/1.CO.CO.[CH3-].[CH3-].[CH3-].[CH3-].[Ir].[Ir]. The first kappa shape index (κ1) is 50.2. The summed E-state index contributed by atoms with van der Waals surface area (Å²) >= 11 is 0. The molecule has 2 nitrogen and oxygen atoms in total. The van der Waals surface area contributed by atoms with Crippen molar-refractivity contribution >= 4 is 0 Å². The van der Waals surface area contributed by atoms with Crippen molar-refractivity contribution in [3.63, 3.8) is 0 Å². The molecule has 0 bridgehead atoms. The summed E-state index contributed by atoms with van der Waals surface area (Å²) < 4.78 is 0. The van der Waals surface area contributed by atoms with E-state index in [2.05, 4.69) is 48.6 Å². The quantitative estimate of drug-likeness (QED) is 0.226. The molecule has 0 aromatic rings. The van der Waals surface area contributed by atoms with Gasteiger partial charge < -0.3 is 39.9 Å². The Bertz CT molecular complexity index is 193. The number of allylic oxidation sites excluding steroid dienone is 8. The second kappa shape index (κ2) is 56.2. The van der Waals surface area contributed by atoms with Gasteiger partial charge in [-0.15, -0.1) is 0 Å². The van der Waals surface area contributed by atoms with Crippen molar-refractivity contribution in [2.75, 3.05) is 14.2 Å². The molecule has 0 aliphatic heterocycles. The first-order chi connectivity index (χ1) is 10.0. The maximum atomic E-state index is 7.00. The van der Waals surface area contributed by atoms with Gasteiger partial charge in [0, 0.05) is 54.4 Å². The van der Waals surface area contributed by atoms with Crippen LogP contribution in [0.1, 0.15) is 51.4 Å². The van der Waals surface area contributed by atoms with Crippen molar-refractivity contribution in [1.29, 1.82) is 0 Å². The van der Waals surface area contributed by atoms with Gasteiger partial charge in [0.15, 0.2) is 0 Å². The van der Waals surface area contributed by atoms with E-state index in [1.54, 1.807) is 0 Å². The Morgan fingerprint density at radius 2 is 0.423 bits per heavy atom. The van der Waals surface area contributed by atoms with E-state index in [1.807, 2.05) is 0 Å². The van der Waals surface area contributed by atoms with E-state index >= 15 is 0 Å². The first-order valence-corrected chi connectivity index (χ1v) is 7.49. The van der Waals surface area contributed by atoms with Gasteiger partial charge in [-0.2, -0.15) is 0 Å². The third-order valence-corrected chi connectivity index (χ3v) is 2.67.